The molecule has 0 aliphatic carbocycles. The fourth-order valence-corrected chi connectivity index (χ4v) is 2.59. The first-order valence-electron chi connectivity index (χ1n) is 4.28. The minimum Gasteiger partial charge on any atom is -0.497 e. The Balaban J connectivity index is 2.72. The Labute approximate surface area is 88.0 Å². The predicted molar refractivity (Wildman–Crippen MR) is 55.8 cm³/mol. The van der Waals surface area contributed by atoms with E-state index in [0.29, 0.717) is 16.2 Å². The minimum absolute atomic E-state index is 0.321. The molecule has 0 fully saturated rings. The summed E-state index contributed by atoms with van der Waals surface area (Å²) in [5, 5.41) is 0. The van der Waals surface area contributed by atoms with Gasteiger partial charge < -0.3 is 4.74 Å². The van der Waals surface area contributed by atoms with Gasteiger partial charge in [-0.2, -0.15) is 0 Å². The number of nitrogens with zero attached hydrogens (tertiary/aromatic N) is 2. The maximum atomic E-state index is 11.7. The molecular weight excluding hydrogens is 216 g/mol. The molecule has 5 nitrogen and oxygen atoms in total. The third-order valence-electron chi connectivity index (χ3n) is 2.07. The molecule has 6 heteroatoms. The van der Waals surface area contributed by atoms with Crippen molar-refractivity contribution < 1.29 is 18.2 Å². The van der Waals surface area contributed by atoms with Crippen molar-refractivity contribution in [1.29, 1.82) is 0 Å². The third-order valence-corrected chi connectivity index (χ3v) is 3.49. The number of ether oxygens (including phenoxy) is 1. The molecule has 1 aromatic rings. The predicted octanol–water partition coefficient (Wildman–Crippen LogP) is 0.985. The van der Waals surface area contributed by atoms with Crippen molar-refractivity contribution >= 4 is 16.2 Å². The van der Waals surface area contributed by atoms with E-state index < -0.39 is 10.0 Å². The zero-order chi connectivity index (χ0) is 11.1. The normalized spacial score (nSPS) is 23.8. The monoisotopic (exact) mass is 227 g/mol. The van der Waals surface area contributed by atoms with Crippen LogP contribution in [-0.2, 0) is 10.0 Å². The van der Waals surface area contributed by atoms with E-state index in [1.54, 1.807) is 38.6 Å². The minimum atomic E-state index is -3.30. The molecule has 1 heterocycles. The van der Waals surface area contributed by atoms with Crippen molar-refractivity contribution in [3.05, 3.63) is 23.8 Å². The highest BCUT2D eigenvalue weighted by Crippen LogP contribution is 2.23. The lowest BCUT2D eigenvalue weighted by atomic mass is 10.2. The van der Waals surface area contributed by atoms with E-state index >= 15 is 0 Å². The van der Waals surface area contributed by atoms with Crippen LogP contribution in [0.15, 0.2) is 27.6 Å². The highest BCUT2D eigenvalue weighted by Gasteiger charge is 2.23. The van der Waals surface area contributed by atoms with Gasteiger partial charge in [-0.15, -0.1) is 0 Å². The van der Waals surface area contributed by atoms with Crippen LogP contribution in [0.1, 0.15) is 5.56 Å². The van der Waals surface area contributed by atoms with E-state index in [4.69, 9.17) is 4.74 Å². The highest BCUT2D eigenvalue weighted by molar-refractivity contribution is 7.88. The highest BCUT2D eigenvalue weighted by atomic mass is 32.2. The van der Waals surface area contributed by atoms with Crippen LogP contribution in [0, 0.1) is 0 Å². The van der Waals surface area contributed by atoms with Crippen LogP contribution >= 0.6 is 0 Å². The van der Waals surface area contributed by atoms with Crippen molar-refractivity contribution in [3.63, 3.8) is 0 Å². The summed E-state index contributed by atoms with van der Waals surface area (Å²) in [7, 11) is -0.142. The molecule has 0 amide bonds. The van der Waals surface area contributed by atoms with Gasteiger partial charge in [0.2, 0.25) is 6.21 Å². The first kappa shape index (κ1) is 10.1. The van der Waals surface area contributed by atoms with Gasteiger partial charge in [0.05, 0.1) is 22.0 Å². The molecule has 0 spiro atoms. The number of rotatable bonds is 1. The van der Waals surface area contributed by atoms with E-state index in [1.807, 2.05) is 0 Å². The average Bonchev–Trinajstić information content (AvgIpc) is 2.15. The fourth-order valence-electron chi connectivity index (χ4n) is 1.44. The molecule has 0 bridgehead atoms. The summed E-state index contributed by atoms with van der Waals surface area (Å²) < 4.78 is 31.4. The lowest BCUT2D eigenvalue weighted by Gasteiger charge is -2.08. The fraction of sp³-hybridized carbons (Fsp3) is 0.222. The van der Waals surface area contributed by atoms with Crippen molar-refractivity contribution in [3.8, 4) is 5.75 Å². The molecule has 1 aliphatic heterocycles. The summed E-state index contributed by atoms with van der Waals surface area (Å²) in [5.74, 6) is 0.649. The lowest BCUT2D eigenvalue weighted by molar-refractivity contribution is -0.495. The van der Waals surface area contributed by atoms with Crippen molar-refractivity contribution in [1.82, 2.24) is 0 Å². The Morgan fingerprint density at radius 3 is 2.93 bits per heavy atom. The average molecular weight is 227 g/mol. The van der Waals surface area contributed by atoms with Gasteiger partial charge in [0, 0.05) is 0 Å². The Morgan fingerprint density at radius 2 is 2.27 bits per heavy atom. The van der Waals surface area contributed by atoms with Gasteiger partial charge in [0.15, 0.2) is 7.05 Å². The molecule has 0 saturated heterocycles. The quantitative estimate of drug-likeness (QED) is 0.727. The zero-order valence-electron chi connectivity index (χ0n) is 8.38. The van der Waals surface area contributed by atoms with Crippen LogP contribution < -0.4 is 4.74 Å². The second kappa shape index (κ2) is 3.32. The SMILES string of the molecule is COc1ccc2c(c1)C=[N+](C)N=S2(=O)O. The van der Waals surface area contributed by atoms with Gasteiger partial charge in [-0.05, 0) is 18.2 Å². The molecule has 1 N–H and O–H groups in total. The second-order valence-electron chi connectivity index (χ2n) is 3.18. The van der Waals surface area contributed by atoms with Crippen molar-refractivity contribution in [2.24, 2.45) is 4.47 Å². The van der Waals surface area contributed by atoms with Crippen LogP contribution in [0.25, 0.3) is 0 Å². The maximum absolute atomic E-state index is 11.7. The first-order chi connectivity index (χ1) is 7.03. The zero-order valence-corrected chi connectivity index (χ0v) is 9.19. The Kier molecular flexibility index (Phi) is 2.24. The van der Waals surface area contributed by atoms with Crippen LogP contribution in [0.4, 0.5) is 0 Å². The number of methoxy groups -OCH3 is 1. The van der Waals surface area contributed by atoms with Gasteiger partial charge in [0.1, 0.15) is 5.75 Å². The summed E-state index contributed by atoms with van der Waals surface area (Å²) in [6, 6.07) is 4.91. The number of hydrogen-bond acceptors (Lipinski definition) is 3. The molecule has 0 radical (unpaired) electrons. The molecule has 2 rings (SSSR count). The summed E-state index contributed by atoms with van der Waals surface area (Å²) in [4.78, 5) is 0.321. The standard InChI is InChI=1S/C9H10N2O3S/c1-11-6-7-5-8(14-2)3-4-9(7)15(12,13)10-11/h3-6H,1-2H3/p+1. The van der Waals surface area contributed by atoms with E-state index in [9.17, 15) is 8.76 Å². The van der Waals surface area contributed by atoms with E-state index in [-0.39, 0.29) is 0 Å². The van der Waals surface area contributed by atoms with E-state index in [0.717, 1.165) is 0 Å². The molecule has 1 unspecified atom stereocenters. The van der Waals surface area contributed by atoms with Crippen LogP contribution in [0.3, 0.4) is 0 Å². The summed E-state index contributed by atoms with van der Waals surface area (Å²) in [6.07, 6.45) is 1.68. The van der Waals surface area contributed by atoms with Gasteiger partial charge in [-0.1, -0.05) is 4.68 Å². The summed E-state index contributed by atoms with van der Waals surface area (Å²) in [6.45, 7) is 0. The Bertz CT molecular complexity index is 556. The molecule has 1 aliphatic rings. The topological polar surface area (TPSA) is 61.9 Å². The van der Waals surface area contributed by atoms with E-state index in [2.05, 4.69) is 4.47 Å². The lowest BCUT2D eigenvalue weighted by Crippen LogP contribution is -2.15. The maximum Gasteiger partial charge on any atom is 0.253 e. The first-order valence-corrected chi connectivity index (χ1v) is 5.75. The Hall–Kier alpha value is -1.40. The molecule has 80 valence electrons. The third kappa shape index (κ3) is 1.73. The molecular formula is C9H11N2O3S+. The molecule has 1 atom stereocenters. The molecule has 0 aromatic heterocycles. The van der Waals surface area contributed by atoms with Crippen LogP contribution in [0.5, 0.6) is 5.75 Å². The second-order valence-corrected chi connectivity index (χ2v) is 4.78. The summed E-state index contributed by atoms with van der Waals surface area (Å²) in [5.41, 5.74) is 0.652. The Morgan fingerprint density at radius 1 is 1.53 bits per heavy atom. The van der Waals surface area contributed by atoms with E-state index in [1.165, 1.54) is 4.68 Å². The molecule has 1 aromatic carbocycles. The van der Waals surface area contributed by atoms with Gasteiger partial charge in [-0.3, -0.25) is 4.55 Å². The van der Waals surface area contributed by atoms with Crippen molar-refractivity contribution in [2.75, 3.05) is 14.2 Å². The largest absolute Gasteiger partial charge is 0.497 e. The van der Waals surface area contributed by atoms with Crippen molar-refractivity contribution in [2.45, 2.75) is 4.90 Å². The summed E-state index contributed by atoms with van der Waals surface area (Å²) >= 11 is 0. The molecule has 15 heavy (non-hydrogen) atoms. The number of benzene rings is 1. The van der Waals surface area contributed by atoms with Gasteiger partial charge in [-0.25, -0.2) is 4.21 Å². The van der Waals surface area contributed by atoms with Crippen LogP contribution in [-0.4, -0.2) is 33.8 Å². The number of hydrogen-bond donors (Lipinski definition) is 1. The molecule has 0 saturated carbocycles. The van der Waals surface area contributed by atoms with Gasteiger partial charge in [0.25, 0.3) is 10.0 Å². The van der Waals surface area contributed by atoms with Gasteiger partial charge >= 0.3 is 0 Å². The smallest absolute Gasteiger partial charge is 0.253 e. The van der Waals surface area contributed by atoms with Crippen LogP contribution in [0.2, 0.25) is 0 Å². The number of fused-ring (bicyclic) bond motifs is 1.